The van der Waals surface area contributed by atoms with E-state index in [2.05, 4.69) is 62.8 Å². The van der Waals surface area contributed by atoms with Crippen LogP contribution in [0.3, 0.4) is 0 Å². The van der Waals surface area contributed by atoms with Crippen LogP contribution in [0.25, 0.3) is 5.70 Å². The molecule has 1 aliphatic heterocycles. The Balaban J connectivity index is 2.00. The van der Waals surface area contributed by atoms with Gasteiger partial charge in [-0.3, -0.25) is 0 Å². The molecule has 1 heterocycles. The van der Waals surface area contributed by atoms with Crippen LogP contribution in [0, 0.1) is 0 Å². The second-order valence-corrected chi connectivity index (χ2v) is 9.13. The van der Waals surface area contributed by atoms with Crippen molar-refractivity contribution in [1.29, 1.82) is 0 Å². The van der Waals surface area contributed by atoms with Crippen molar-refractivity contribution in [3.05, 3.63) is 61.9 Å². The fourth-order valence-corrected chi connectivity index (χ4v) is 5.13. The van der Waals surface area contributed by atoms with Crippen molar-refractivity contribution in [3.63, 3.8) is 0 Å². The van der Waals surface area contributed by atoms with Gasteiger partial charge in [-0.05, 0) is 0 Å². The summed E-state index contributed by atoms with van der Waals surface area (Å²) < 4.78 is 6.98. The normalized spacial score (nSPS) is 15.5. The van der Waals surface area contributed by atoms with Crippen molar-refractivity contribution in [2.75, 3.05) is 7.05 Å². The first-order valence-electron chi connectivity index (χ1n) is 6.54. The monoisotopic (exact) mass is 368 g/mol. The van der Waals surface area contributed by atoms with Gasteiger partial charge in [0.1, 0.15) is 0 Å². The number of allylic oxidation sites excluding steroid dienone is 2. The Bertz CT molecular complexity index is 500. The summed E-state index contributed by atoms with van der Waals surface area (Å²) in [6, 6.07) is 8.70. The summed E-state index contributed by atoms with van der Waals surface area (Å²) in [4.78, 5) is 0. The molecule has 0 radical (unpaired) electrons. The van der Waals surface area contributed by atoms with Crippen molar-refractivity contribution < 1.29 is 0 Å². The molecule has 0 saturated heterocycles. The van der Waals surface area contributed by atoms with Crippen LogP contribution in [0.15, 0.2) is 50.8 Å². The van der Waals surface area contributed by atoms with E-state index in [9.17, 15) is 0 Å². The molecule has 3 heteroatoms. The summed E-state index contributed by atoms with van der Waals surface area (Å²) in [5.41, 5.74) is 3.54. The Labute approximate surface area is 123 Å². The van der Waals surface area contributed by atoms with E-state index in [1.54, 1.807) is 0 Å². The molecule has 0 atom stereocenters. The average molecular weight is 368 g/mol. The standard InChI is InChI=1S/C16H21IN2/c1-4-6-14-8-10-15(11-9-14)13(2)19-16-7-5-12-17(16)18-3/h5,7-12,18-19H,2,4,6H2,1,3H3. The van der Waals surface area contributed by atoms with Gasteiger partial charge in [-0.2, -0.15) is 0 Å². The molecule has 0 unspecified atom stereocenters. The summed E-state index contributed by atoms with van der Waals surface area (Å²) in [6.07, 6.45) is 6.61. The van der Waals surface area contributed by atoms with Crippen LogP contribution in [0.2, 0.25) is 0 Å². The van der Waals surface area contributed by atoms with Crippen molar-refractivity contribution in [2.45, 2.75) is 19.8 Å². The zero-order valence-electron chi connectivity index (χ0n) is 11.5. The van der Waals surface area contributed by atoms with E-state index in [0.29, 0.717) is 0 Å². The SMILES string of the molecule is C=C(NC1=CC=CI1NC)c1ccc(CCC)cc1. The van der Waals surface area contributed by atoms with Gasteiger partial charge in [0.05, 0.1) is 0 Å². The van der Waals surface area contributed by atoms with E-state index in [1.165, 1.54) is 21.3 Å². The third-order valence-electron chi connectivity index (χ3n) is 2.98. The van der Waals surface area contributed by atoms with E-state index in [-0.39, 0.29) is 0 Å². The second-order valence-electron chi connectivity index (χ2n) is 4.39. The maximum absolute atomic E-state index is 4.15. The molecule has 102 valence electrons. The van der Waals surface area contributed by atoms with Gasteiger partial charge >= 0.3 is 123 Å². The summed E-state index contributed by atoms with van der Waals surface area (Å²) in [5, 5.41) is 3.46. The van der Waals surface area contributed by atoms with E-state index in [1.807, 2.05) is 7.05 Å². The zero-order valence-corrected chi connectivity index (χ0v) is 13.7. The van der Waals surface area contributed by atoms with E-state index in [4.69, 9.17) is 0 Å². The number of rotatable bonds is 6. The molecule has 19 heavy (non-hydrogen) atoms. The molecule has 0 aliphatic carbocycles. The summed E-state index contributed by atoms with van der Waals surface area (Å²) in [7, 11) is 2.03. The predicted octanol–water partition coefficient (Wildman–Crippen LogP) is 4.21. The van der Waals surface area contributed by atoms with Crippen LogP contribution in [-0.4, -0.2) is 7.05 Å². The number of aryl methyl sites for hydroxylation is 1. The molecular formula is C16H21IN2. The van der Waals surface area contributed by atoms with Crippen LogP contribution in [0.1, 0.15) is 24.5 Å². The molecule has 0 amide bonds. The molecule has 0 fully saturated rings. The molecular weight excluding hydrogens is 347 g/mol. The Morgan fingerprint density at radius 2 is 2.00 bits per heavy atom. The van der Waals surface area contributed by atoms with Gasteiger partial charge in [-0.25, -0.2) is 0 Å². The zero-order chi connectivity index (χ0) is 13.7. The third-order valence-corrected chi connectivity index (χ3v) is 7.15. The third kappa shape index (κ3) is 3.70. The number of nitrogens with one attached hydrogen (secondary N) is 2. The first kappa shape index (κ1) is 14.3. The summed E-state index contributed by atoms with van der Waals surface area (Å²) in [5.74, 6) is 0. The maximum atomic E-state index is 4.15. The average Bonchev–Trinajstić information content (AvgIpc) is 2.87. The van der Waals surface area contributed by atoms with Gasteiger partial charge in [0, 0.05) is 0 Å². The molecule has 2 N–H and O–H groups in total. The quantitative estimate of drug-likeness (QED) is 0.447. The van der Waals surface area contributed by atoms with Crippen molar-refractivity contribution in [2.24, 2.45) is 0 Å². The van der Waals surface area contributed by atoms with E-state index >= 15 is 0 Å². The molecule has 0 bridgehead atoms. The fraction of sp³-hybridized carbons (Fsp3) is 0.250. The minimum absolute atomic E-state index is 0.982. The molecule has 0 aromatic heterocycles. The number of benzene rings is 1. The molecule has 2 nitrogen and oxygen atoms in total. The first-order valence-corrected chi connectivity index (χ1v) is 9.94. The number of halogens is 1. The van der Waals surface area contributed by atoms with E-state index < -0.39 is 20.1 Å². The van der Waals surface area contributed by atoms with Crippen molar-refractivity contribution in [1.82, 2.24) is 8.85 Å². The van der Waals surface area contributed by atoms with Crippen molar-refractivity contribution in [3.8, 4) is 0 Å². The first-order chi connectivity index (χ1) is 9.24. The van der Waals surface area contributed by atoms with Gasteiger partial charge in [0.25, 0.3) is 0 Å². The predicted molar refractivity (Wildman–Crippen MR) is 92.9 cm³/mol. The van der Waals surface area contributed by atoms with Crippen molar-refractivity contribution >= 4 is 25.8 Å². The van der Waals surface area contributed by atoms with Gasteiger partial charge < -0.3 is 0 Å². The van der Waals surface area contributed by atoms with Gasteiger partial charge in [-0.15, -0.1) is 0 Å². The molecule has 1 aromatic carbocycles. The van der Waals surface area contributed by atoms with Crippen LogP contribution >= 0.6 is 20.1 Å². The van der Waals surface area contributed by atoms with Gasteiger partial charge in [0.2, 0.25) is 0 Å². The van der Waals surface area contributed by atoms with Gasteiger partial charge in [-0.1, -0.05) is 0 Å². The summed E-state index contributed by atoms with van der Waals surface area (Å²) in [6.45, 7) is 6.36. The van der Waals surface area contributed by atoms with E-state index in [0.717, 1.165) is 12.1 Å². The Morgan fingerprint density at radius 3 is 2.63 bits per heavy atom. The summed E-state index contributed by atoms with van der Waals surface area (Å²) >= 11 is -1.29. The van der Waals surface area contributed by atoms with Crippen LogP contribution in [0.4, 0.5) is 0 Å². The molecule has 2 rings (SSSR count). The fourth-order valence-electron chi connectivity index (χ4n) is 1.96. The Kier molecular flexibility index (Phi) is 5.22. The molecule has 0 spiro atoms. The van der Waals surface area contributed by atoms with Gasteiger partial charge in [0.15, 0.2) is 0 Å². The van der Waals surface area contributed by atoms with Crippen LogP contribution in [-0.2, 0) is 6.42 Å². The van der Waals surface area contributed by atoms with Crippen LogP contribution < -0.4 is 8.85 Å². The minimum atomic E-state index is -1.29. The second kappa shape index (κ2) is 6.91. The van der Waals surface area contributed by atoms with Crippen LogP contribution in [0.5, 0.6) is 0 Å². The Hall–Kier alpha value is -1.07. The molecule has 1 aliphatic rings. The number of hydrogen-bond acceptors (Lipinski definition) is 2. The topological polar surface area (TPSA) is 24.1 Å². The molecule has 0 saturated carbocycles. The Morgan fingerprint density at radius 1 is 1.26 bits per heavy atom. The molecule has 1 aromatic rings. The number of hydrogen-bond donors (Lipinski definition) is 2.